The molecule has 0 saturated heterocycles. The second-order valence-corrected chi connectivity index (χ2v) is 7.76. The van der Waals surface area contributed by atoms with Crippen LogP contribution in [-0.2, 0) is 9.59 Å². The Kier molecular flexibility index (Phi) is 5.76. The zero-order chi connectivity index (χ0) is 21.8. The second kappa shape index (κ2) is 8.80. The minimum Gasteiger partial charge on any atom is -0.321 e. The quantitative estimate of drug-likeness (QED) is 0.575. The topological polar surface area (TPSA) is 103 Å². The van der Waals surface area contributed by atoms with E-state index in [1.807, 2.05) is 24.4 Å². The number of amidine groups is 1. The number of aliphatic imine (C=N–C) groups is 1. The number of nitrogens with zero attached hydrogens (tertiary/aromatic N) is 2. The molecule has 1 aliphatic rings. The number of carbonyl (C=O) groups is 3. The van der Waals surface area contributed by atoms with Crippen molar-refractivity contribution in [3.05, 3.63) is 76.5 Å². The Bertz CT molecular complexity index is 1160. The maximum absolute atomic E-state index is 12.7. The Labute approximate surface area is 182 Å². The molecule has 1 aromatic heterocycles. The summed E-state index contributed by atoms with van der Waals surface area (Å²) in [5, 5.41) is 8.67. The van der Waals surface area contributed by atoms with Gasteiger partial charge in [-0.05, 0) is 48.7 Å². The van der Waals surface area contributed by atoms with Gasteiger partial charge in [0.2, 0.25) is 5.84 Å². The van der Waals surface area contributed by atoms with E-state index < -0.39 is 5.91 Å². The van der Waals surface area contributed by atoms with Crippen LogP contribution < -0.4 is 21.1 Å². The maximum Gasteiger partial charge on any atom is 0.292 e. The van der Waals surface area contributed by atoms with E-state index in [0.29, 0.717) is 21.9 Å². The molecule has 2 aromatic carbocycles. The number of benzene rings is 2. The zero-order valence-electron chi connectivity index (χ0n) is 16.6. The van der Waals surface area contributed by atoms with E-state index in [-0.39, 0.29) is 24.2 Å². The van der Waals surface area contributed by atoms with Crippen molar-refractivity contribution < 1.29 is 14.4 Å². The smallest absolute Gasteiger partial charge is 0.292 e. The first-order chi connectivity index (χ1) is 15.0. The van der Waals surface area contributed by atoms with Crippen LogP contribution >= 0.6 is 11.3 Å². The fraction of sp³-hybridized carbons (Fsp3) is 0.0909. The van der Waals surface area contributed by atoms with Crippen LogP contribution in [0.3, 0.4) is 0 Å². The number of hydrogen-bond donors (Lipinski definition) is 3. The Morgan fingerprint density at radius 3 is 2.39 bits per heavy atom. The summed E-state index contributed by atoms with van der Waals surface area (Å²) in [6.45, 7) is 1.81. The lowest BCUT2D eigenvalue weighted by Crippen LogP contribution is -2.54. The van der Waals surface area contributed by atoms with Crippen LogP contribution in [0.2, 0.25) is 0 Å². The summed E-state index contributed by atoms with van der Waals surface area (Å²) in [4.78, 5) is 41.8. The molecule has 3 N–H and O–H groups in total. The lowest BCUT2D eigenvalue weighted by atomic mass is 10.2. The minimum atomic E-state index is -0.494. The van der Waals surface area contributed by atoms with Gasteiger partial charge >= 0.3 is 0 Å². The summed E-state index contributed by atoms with van der Waals surface area (Å²) in [7, 11) is 0. The molecule has 0 atom stereocenters. The third-order valence-electron chi connectivity index (χ3n) is 4.47. The van der Waals surface area contributed by atoms with Crippen molar-refractivity contribution in [1.29, 1.82) is 0 Å². The first-order valence-corrected chi connectivity index (χ1v) is 10.3. The summed E-state index contributed by atoms with van der Waals surface area (Å²) in [6.07, 6.45) is 0. The summed E-state index contributed by atoms with van der Waals surface area (Å²) < 4.78 is 0. The highest BCUT2D eigenvalue weighted by Crippen LogP contribution is 2.19. The number of thiophene rings is 1. The van der Waals surface area contributed by atoms with Crippen LogP contribution in [0.5, 0.6) is 0 Å². The second-order valence-electron chi connectivity index (χ2n) is 6.81. The van der Waals surface area contributed by atoms with Gasteiger partial charge in [0, 0.05) is 11.4 Å². The maximum atomic E-state index is 12.7. The number of carbonyl (C=O) groups excluding carboxylic acids is 3. The molecule has 0 saturated carbocycles. The van der Waals surface area contributed by atoms with Crippen LogP contribution in [0.25, 0.3) is 0 Å². The molecule has 3 aromatic rings. The highest BCUT2D eigenvalue weighted by atomic mass is 32.1. The molecule has 0 radical (unpaired) electrons. The molecule has 0 aliphatic carbocycles. The lowest BCUT2D eigenvalue weighted by Gasteiger charge is -2.27. The van der Waals surface area contributed by atoms with Crippen molar-refractivity contribution in [1.82, 2.24) is 5.43 Å². The number of amides is 3. The van der Waals surface area contributed by atoms with Crippen LogP contribution in [0.1, 0.15) is 15.2 Å². The summed E-state index contributed by atoms with van der Waals surface area (Å²) in [5.41, 5.74) is 5.49. The molecule has 0 bridgehead atoms. The van der Waals surface area contributed by atoms with Gasteiger partial charge in [-0.2, -0.15) is 0 Å². The molecular weight excluding hydrogens is 414 g/mol. The Morgan fingerprint density at radius 1 is 1.00 bits per heavy atom. The van der Waals surface area contributed by atoms with E-state index in [2.05, 4.69) is 21.1 Å². The summed E-state index contributed by atoms with van der Waals surface area (Å²) >= 11 is 1.35. The summed E-state index contributed by atoms with van der Waals surface area (Å²) in [5.74, 6) is -0.956. The van der Waals surface area contributed by atoms with Crippen LogP contribution in [0, 0.1) is 6.92 Å². The third kappa shape index (κ3) is 4.78. The van der Waals surface area contributed by atoms with Gasteiger partial charge < -0.3 is 10.6 Å². The van der Waals surface area contributed by atoms with Gasteiger partial charge in [-0.3, -0.25) is 24.8 Å². The third-order valence-corrected chi connectivity index (χ3v) is 5.34. The van der Waals surface area contributed by atoms with Crippen LogP contribution in [0.4, 0.5) is 17.1 Å². The summed E-state index contributed by atoms with van der Waals surface area (Å²) in [6, 6.07) is 17.7. The van der Waals surface area contributed by atoms with Gasteiger partial charge in [-0.25, -0.2) is 5.01 Å². The normalized spacial score (nSPS) is 13.3. The predicted octanol–water partition coefficient (Wildman–Crippen LogP) is 3.20. The van der Waals surface area contributed by atoms with E-state index in [1.165, 1.54) is 16.3 Å². The first-order valence-electron chi connectivity index (χ1n) is 9.46. The lowest BCUT2D eigenvalue weighted by molar-refractivity contribution is -0.118. The van der Waals surface area contributed by atoms with Gasteiger partial charge in [0.1, 0.15) is 6.54 Å². The minimum absolute atomic E-state index is 0.0215. The van der Waals surface area contributed by atoms with Crippen molar-refractivity contribution in [2.24, 2.45) is 4.99 Å². The molecule has 4 rings (SSSR count). The molecule has 2 heterocycles. The number of hydrazine groups is 1. The van der Waals surface area contributed by atoms with Crippen molar-refractivity contribution in [3.63, 3.8) is 0 Å². The molecular formula is C22H19N5O3S. The van der Waals surface area contributed by atoms with Gasteiger partial charge in [0.15, 0.2) is 0 Å². The Morgan fingerprint density at radius 2 is 1.71 bits per heavy atom. The highest BCUT2D eigenvalue weighted by Gasteiger charge is 2.25. The molecule has 9 heteroatoms. The van der Waals surface area contributed by atoms with E-state index in [1.54, 1.807) is 48.5 Å². The van der Waals surface area contributed by atoms with Crippen molar-refractivity contribution in [2.45, 2.75) is 6.92 Å². The predicted molar refractivity (Wildman–Crippen MR) is 121 cm³/mol. The molecule has 1 aliphatic heterocycles. The molecule has 0 fully saturated rings. The number of nitrogens with one attached hydrogen (secondary N) is 3. The number of rotatable bonds is 5. The largest absolute Gasteiger partial charge is 0.321 e. The number of anilines is 3. The van der Waals surface area contributed by atoms with E-state index >= 15 is 0 Å². The monoisotopic (exact) mass is 433 g/mol. The van der Waals surface area contributed by atoms with Crippen LogP contribution in [0.15, 0.2) is 71.0 Å². The van der Waals surface area contributed by atoms with Gasteiger partial charge in [-0.15, -0.1) is 11.3 Å². The molecule has 0 spiro atoms. The van der Waals surface area contributed by atoms with Crippen LogP contribution in [-0.4, -0.2) is 30.1 Å². The zero-order valence-corrected chi connectivity index (χ0v) is 17.4. The average molecular weight is 433 g/mol. The molecule has 31 heavy (non-hydrogen) atoms. The SMILES string of the molecule is Cc1ccc(N2NC(C(=O)Nc3cccc(NC(=O)c4cccs4)c3)=NCC2=O)cc1. The average Bonchev–Trinajstić information content (AvgIpc) is 3.30. The van der Waals surface area contributed by atoms with Crippen molar-refractivity contribution in [2.75, 3.05) is 22.2 Å². The van der Waals surface area contributed by atoms with E-state index in [0.717, 1.165) is 5.56 Å². The first kappa shape index (κ1) is 20.3. The van der Waals surface area contributed by atoms with E-state index in [9.17, 15) is 14.4 Å². The van der Waals surface area contributed by atoms with E-state index in [4.69, 9.17) is 0 Å². The fourth-order valence-electron chi connectivity index (χ4n) is 2.91. The standard InChI is InChI=1S/C22H19N5O3S/c1-14-7-9-17(10-8-14)27-19(28)13-23-20(26-27)22(30)25-16-5-2-4-15(12-16)24-21(29)18-6-3-11-31-18/h2-12H,13H2,1H3,(H,23,26)(H,24,29)(H,25,30). The molecule has 156 valence electrons. The van der Waals surface area contributed by atoms with Gasteiger partial charge in [0.25, 0.3) is 17.7 Å². The van der Waals surface area contributed by atoms with Crippen molar-refractivity contribution in [3.8, 4) is 0 Å². The fourth-order valence-corrected chi connectivity index (χ4v) is 3.53. The van der Waals surface area contributed by atoms with Gasteiger partial charge in [0.05, 0.1) is 10.6 Å². The van der Waals surface area contributed by atoms with Crippen molar-refractivity contribution >= 4 is 52.0 Å². The molecule has 8 nitrogen and oxygen atoms in total. The number of aryl methyl sites for hydroxylation is 1. The number of hydrogen-bond acceptors (Lipinski definition) is 6. The molecule has 3 amide bonds. The van der Waals surface area contributed by atoms with Gasteiger partial charge in [-0.1, -0.05) is 29.8 Å². The Hall–Kier alpha value is -3.98. The Balaban J connectivity index is 1.43. The molecule has 0 unspecified atom stereocenters. The highest BCUT2D eigenvalue weighted by molar-refractivity contribution is 7.12.